The van der Waals surface area contributed by atoms with Crippen molar-refractivity contribution in [1.82, 2.24) is 4.90 Å². The number of rotatable bonds is 8. The summed E-state index contributed by atoms with van der Waals surface area (Å²) in [5.74, 6) is 0. The Morgan fingerprint density at radius 3 is 2.36 bits per heavy atom. The molecule has 0 spiro atoms. The summed E-state index contributed by atoms with van der Waals surface area (Å²) in [5.41, 5.74) is 6.02. The summed E-state index contributed by atoms with van der Waals surface area (Å²) in [6.07, 6.45) is 7.71. The summed E-state index contributed by atoms with van der Waals surface area (Å²) in [5, 5.41) is 0. The van der Waals surface area contributed by atoms with Crippen LogP contribution in [0.15, 0.2) is 0 Å². The molecule has 2 nitrogen and oxygen atoms in total. The van der Waals surface area contributed by atoms with Gasteiger partial charge in [0.2, 0.25) is 0 Å². The Labute approximate surface area is 88.8 Å². The lowest BCUT2D eigenvalue weighted by atomic mass is 10.1. The highest BCUT2D eigenvalue weighted by Gasteiger charge is 2.27. The Morgan fingerprint density at radius 1 is 1.14 bits per heavy atom. The van der Waals surface area contributed by atoms with Crippen LogP contribution in [0.3, 0.4) is 0 Å². The predicted molar refractivity (Wildman–Crippen MR) is 62.4 cm³/mol. The highest BCUT2D eigenvalue weighted by Crippen LogP contribution is 2.27. The van der Waals surface area contributed by atoms with E-state index < -0.39 is 0 Å². The molecular weight excluding hydrogens is 172 g/mol. The molecule has 84 valence electrons. The van der Waals surface area contributed by atoms with E-state index in [1.807, 2.05) is 0 Å². The molecule has 2 heteroatoms. The van der Waals surface area contributed by atoms with Gasteiger partial charge in [0.25, 0.3) is 0 Å². The van der Waals surface area contributed by atoms with Crippen molar-refractivity contribution in [2.24, 2.45) is 5.73 Å². The molecule has 1 aliphatic carbocycles. The van der Waals surface area contributed by atoms with Crippen molar-refractivity contribution in [1.29, 1.82) is 0 Å². The van der Waals surface area contributed by atoms with Crippen LogP contribution in [0.25, 0.3) is 0 Å². The van der Waals surface area contributed by atoms with Gasteiger partial charge in [0, 0.05) is 12.1 Å². The van der Waals surface area contributed by atoms with E-state index >= 15 is 0 Å². The van der Waals surface area contributed by atoms with Crippen molar-refractivity contribution < 1.29 is 0 Å². The minimum atomic E-state index is 0.429. The van der Waals surface area contributed by atoms with E-state index in [1.54, 1.807) is 0 Å². The van der Waals surface area contributed by atoms with Crippen LogP contribution in [0.5, 0.6) is 0 Å². The fourth-order valence-corrected chi connectivity index (χ4v) is 2.05. The number of hydrogen-bond donors (Lipinski definition) is 1. The zero-order valence-electron chi connectivity index (χ0n) is 9.84. The molecule has 0 saturated heterocycles. The van der Waals surface area contributed by atoms with E-state index in [9.17, 15) is 0 Å². The van der Waals surface area contributed by atoms with Gasteiger partial charge in [0.05, 0.1) is 0 Å². The lowest BCUT2D eigenvalue weighted by molar-refractivity contribution is 0.251. The molecule has 0 amide bonds. The fraction of sp³-hybridized carbons (Fsp3) is 1.00. The Bertz CT molecular complexity index is 143. The Kier molecular flexibility index (Phi) is 5.49. The molecule has 1 rings (SSSR count). The molecule has 1 atom stereocenters. The van der Waals surface area contributed by atoms with Crippen LogP contribution >= 0.6 is 0 Å². The van der Waals surface area contributed by atoms with Gasteiger partial charge in [-0.1, -0.05) is 20.3 Å². The van der Waals surface area contributed by atoms with E-state index in [-0.39, 0.29) is 0 Å². The first-order chi connectivity index (χ1) is 6.77. The van der Waals surface area contributed by atoms with Gasteiger partial charge >= 0.3 is 0 Å². The van der Waals surface area contributed by atoms with Crippen LogP contribution in [0.4, 0.5) is 0 Å². The Hall–Kier alpha value is -0.0800. The summed E-state index contributed by atoms with van der Waals surface area (Å²) < 4.78 is 0. The molecule has 1 unspecified atom stereocenters. The SMILES string of the molecule is CCCC(N)CCN(CCC)C1CC1. The highest BCUT2D eigenvalue weighted by molar-refractivity contribution is 4.84. The Morgan fingerprint density at radius 2 is 1.86 bits per heavy atom. The van der Waals surface area contributed by atoms with Crippen LogP contribution in [0.2, 0.25) is 0 Å². The summed E-state index contributed by atoms with van der Waals surface area (Å²) in [6.45, 7) is 6.97. The van der Waals surface area contributed by atoms with Gasteiger partial charge in [0.15, 0.2) is 0 Å². The topological polar surface area (TPSA) is 29.3 Å². The van der Waals surface area contributed by atoms with Gasteiger partial charge in [-0.15, -0.1) is 0 Å². The number of nitrogens with zero attached hydrogens (tertiary/aromatic N) is 1. The maximum Gasteiger partial charge on any atom is 0.00964 e. The van der Waals surface area contributed by atoms with Crippen molar-refractivity contribution >= 4 is 0 Å². The van der Waals surface area contributed by atoms with Gasteiger partial charge in [-0.05, 0) is 45.2 Å². The normalized spacial score (nSPS) is 18.9. The predicted octanol–water partition coefficient (Wildman–Crippen LogP) is 2.38. The van der Waals surface area contributed by atoms with Crippen LogP contribution in [-0.4, -0.2) is 30.1 Å². The molecule has 1 aliphatic rings. The first-order valence-corrected chi connectivity index (χ1v) is 6.27. The van der Waals surface area contributed by atoms with Crippen molar-refractivity contribution in [3.63, 3.8) is 0 Å². The van der Waals surface area contributed by atoms with Crippen molar-refractivity contribution in [2.45, 2.75) is 64.5 Å². The summed E-state index contributed by atoms with van der Waals surface area (Å²) in [7, 11) is 0. The molecule has 0 heterocycles. The number of nitrogens with two attached hydrogens (primary N) is 1. The van der Waals surface area contributed by atoms with Gasteiger partial charge < -0.3 is 10.6 Å². The number of hydrogen-bond acceptors (Lipinski definition) is 2. The first kappa shape index (κ1) is 12.0. The summed E-state index contributed by atoms with van der Waals surface area (Å²) >= 11 is 0. The molecule has 0 aromatic rings. The van der Waals surface area contributed by atoms with Crippen molar-refractivity contribution in [3.8, 4) is 0 Å². The first-order valence-electron chi connectivity index (χ1n) is 6.27. The Balaban J connectivity index is 2.12. The molecule has 0 aromatic carbocycles. The van der Waals surface area contributed by atoms with E-state index in [1.165, 1.54) is 51.6 Å². The van der Waals surface area contributed by atoms with Crippen LogP contribution in [0, 0.1) is 0 Å². The van der Waals surface area contributed by atoms with Crippen molar-refractivity contribution in [3.05, 3.63) is 0 Å². The maximum atomic E-state index is 6.02. The molecule has 0 radical (unpaired) electrons. The van der Waals surface area contributed by atoms with E-state index in [0.717, 1.165) is 6.04 Å². The third-order valence-electron chi connectivity index (χ3n) is 3.02. The van der Waals surface area contributed by atoms with E-state index in [0.29, 0.717) is 6.04 Å². The van der Waals surface area contributed by atoms with Crippen LogP contribution in [0.1, 0.15) is 52.4 Å². The molecule has 0 aliphatic heterocycles. The minimum absolute atomic E-state index is 0.429. The van der Waals surface area contributed by atoms with Gasteiger partial charge in [-0.2, -0.15) is 0 Å². The van der Waals surface area contributed by atoms with Crippen LogP contribution in [-0.2, 0) is 0 Å². The van der Waals surface area contributed by atoms with Crippen molar-refractivity contribution in [2.75, 3.05) is 13.1 Å². The van der Waals surface area contributed by atoms with Gasteiger partial charge in [-0.25, -0.2) is 0 Å². The smallest absolute Gasteiger partial charge is 0.00964 e. The fourth-order valence-electron chi connectivity index (χ4n) is 2.05. The largest absolute Gasteiger partial charge is 0.328 e. The quantitative estimate of drug-likeness (QED) is 0.649. The minimum Gasteiger partial charge on any atom is -0.328 e. The van der Waals surface area contributed by atoms with Gasteiger partial charge in [-0.3, -0.25) is 0 Å². The standard InChI is InChI=1S/C12H26N2/c1-3-5-11(13)8-10-14(9-4-2)12-6-7-12/h11-12H,3-10,13H2,1-2H3. The monoisotopic (exact) mass is 198 g/mol. The average molecular weight is 198 g/mol. The molecule has 0 bridgehead atoms. The molecule has 1 saturated carbocycles. The maximum absolute atomic E-state index is 6.02. The zero-order chi connectivity index (χ0) is 10.4. The molecule has 0 aromatic heterocycles. The van der Waals surface area contributed by atoms with E-state index in [4.69, 9.17) is 5.73 Å². The molecule has 14 heavy (non-hydrogen) atoms. The second-order valence-corrected chi connectivity index (χ2v) is 4.60. The molecular formula is C12H26N2. The second-order valence-electron chi connectivity index (χ2n) is 4.60. The third-order valence-corrected chi connectivity index (χ3v) is 3.02. The van der Waals surface area contributed by atoms with Crippen LogP contribution < -0.4 is 5.73 Å². The average Bonchev–Trinajstić information content (AvgIpc) is 2.96. The summed E-state index contributed by atoms with van der Waals surface area (Å²) in [4.78, 5) is 2.63. The van der Waals surface area contributed by atoms with E-state index in [2.05, 4.69) is 18.7 Å². The molecule has 1 fully saturated rings. The lowest BCUT2D eigenvalue weighted by Crippen LogP contribution is -2.32. The van der Waals surface area contributed by atoms with Gasteiger partial charge in [0.1, 0.15) is 0 Å². The second kappa shape index (κ2) is 6.41. The lowest BCUT2D eigenvalue weighted by Gasteiger charge is -2.22. The molecule has 2 N–H and O–H groups in total. The highest BCUT2D eigenvalue weighted by atomic mass is 15.2. The summed E-state index contributed by atoms with van der Waals surface area (Å²) in [6, 6.07) is 1.34. The third kappa shape index (κ3) is 4.43. The zero-order valence-corrected chi connectivity index (χ0v) is 9.84.